The number of hydrogen-bond donors (Lipinski definition) is 1. The van der Waals surface area contributed by atoms with E-state index in [1.165, 1.54) is 5.56 Å². The van der Waals surface area contributed by atoms with Gasteiger partial charge in [0.15, 0.2) is 6.61 Å². The highest BCUT2D eigenvalue weighted by atomic mass is 16.5. The molecule has 5 heteroatoms. The lowest BCUT2D eigenvalue weighted by Gasteiger charge is -2.10. The van der Waals surface area contributed by atoms with Gasteiger partial charge in [0.25, 0.3) is 5.91 Å². The SMILES string of the molecule is Cc1ccc(OCC(=O)Nc2cccc(-c3cc4ccccc4oc3=O)c2)cc1C. The minimum absolute atomic E-state index is 0.106. The molecule has 0 aliphatic carbocycles. The number of rotatable bonds is 5. The normalized spacial score (nSPS) is 10.7. The van der Waals surface area contributed by atoms with Gasteiger partial charge in [-0.25, -0.2) is 4.79 Å². The van der Waals surface area contributed by atoms with Gasteiger partial charge in [-0.15, -0.1) is 0 Å². The molecule has 0 aliphatic rings. The van der Waals surface area contributed by atoms with Gasteiger partial charge in [0.1, 0.15) is 11.3 Å². The molecule has 0 atom stereocenters. The quantitative estimate of drug-likeness (QED) is 0.475. The smallest absolute Gasteiger partial charge is 0.344 e. The van der Waals surface area contributed by atoms with Crippen molar-refractivity contribution in [2.24, 2.45) is 0 Å². The first-order valence-electron chi connectivity index (χ1n) is 9.63. The second-order valence-corrected chi connectivity index (χ2v) is 7.15. The average molecular weight is 399 g/mol. The van der Waals surface area contributed by atoms with Crippen LogP contribution in [0.5, 0.6) is 5.75 Å². The first-order valence-corrected chi connectivity index (χ1v) is 9.63. The van der Waals surface area contributed by atoms with E-state index < -0.39 is 5.63 Å². The lowest BCUT2D eigenvalue weighted by molar-refractivity contribution is -0.118. The largest absolute Gasteiger partial charge is 0.484 e. The Morgan fingerprint density at radius 2 is 1.77 bits per heavy atom. The molecular formula is C25H21NO4. The van der Waals surface area contributed by atoms with Crippen molar-refractivity contribution in [3.8, 4) is 16.9 Å². The number of hydrogen-bond acceptors (Lipinski definition) is 4. The summed E-state index contributed by atoms with van der Waals surface area (Å²) in [5, 5.41) is 3.64. The second kappa shape index (κ2) is 8.25. The molecule has 1 N–H and O–H groups in total. The molecule has 0 fully saturated rings. The van der Waals surface area contributed by atoms with Crippen LogP contribution in [0.4, 0.5) is 5.69 Å². The van der Waals surface area contributed by atoms with Gasteiger partial charge in [-0.1, -0.05) is 36.4 Å². The number of fused-ring (bicyclic) bond motifs is 1. The highest BCUT2D eigenvalue weighted by Gasteiger charge is 2.10. The van der Waals surface area contributed by atoms with Crippen molar-refractivity contribution < 1.29 is 13.9 Å². The third-order valence-corrected chi connectivity index (χ3v) is 4.95. The molecule has 1 amide bonds. The fourth-order valence-corrected chi connectivity index (χ4v) is 3.18. The Morgan fingerprint density at radius 3 is 2.60 bits per heavy atom. The van der Waals surface area contributed by atoms with Gasteiger partial charge in [0, 0.05) is 11.1 Å². The van der Waals surface area contributed by atoms with Crippen molar-refractivity contribution in [1.82, 2.24) is 0 Å². The predicted molar refractivity (Wildman–Crippen MR) is 118 cm³/mol. The Kier molecular flexibility index (Phi) is 5.35. The van der Waals surface area contributed by atoms with Gasteiger partial charge in [-0.2, -0.15) is 0 Å². The van der Waals surface area contributed by atoms with Crippen LogP contribution in [0.15, 0.2) is 82.0 Å². The number of carbonyl (C=O) groups is 1. The molecule has 4 rings (SSSR count). The summed E-state index contributed by atoms with van der Waals surface area (Å²) in [5.74, 6) is 0.367. The third-order valence-electron chi connectivity index (χ3n) is 4.95. The third kappa shape index (κ3) is 4.25. The molecule has 1 heterocycles. The van der Waals surface area contributed by atoms with E-state index in [1.54, 1.807) is 30.3 Å². The van der Waals surface area contributed by atoms with E-state index in [4.69, 9.17) is 9.15 Å². The number of benzene rings is 3. The van der Waals surface area contributed by atoms with Crippen molar-refractivity contribution in [2.75, 3.05) is 11.9 Å². The fourth-order valence-electron chi connectivity index (χ4n) is 3.18. The van der Waals surface area contributed by atoms with Gasteiger partial charge in [0.2, 0.25) is 0 Å². The molecule has 0 saturated carbocycles. The molecule has 0 bridgehead atoms. The number of carbonyl (C=O) groups excluding carboxylic acids is 1. The van der Waals surface area contributed by atoms with Gasteiger partial charge in [-0.05, 0) is 66.9 Å². The summed E-state index contributed by atoms with van der Waals surface area (Å²) in [6, 6.07) is 22.0. The van der Waals surface area contributed by atoms with Crippen LogP contribution in [0.1, 0.15) is 11.1 Å². The maximum atomic E-state index is 12.4. The number of nitrogens with one attached hydrogen (secondary N) is 1. The molecule has 0 saturated heterocycles. The van der Waals surface area contributed by atoms with E-state index in [0.29, 0.717) is 28.1 Å². The van der Waals surface area contributed by atoms with Gasteiger partial charge in [-0.3, -0.25) is 4.79 Å². The lowest BCUT2D eigenvalue weighted by atomic mass is 10.1. The Hall–Kier alpha value is -3.86. The number of anilines is 1. The summed E-state index contributed by atoms with van der Waals surface area (Å²) in [7, 11) is 0. The zero-order valence-electron chi connectivity index (χ0n) is 16.8. The zero-order valence-corrected chi connectivity index (χ0v) is 16.8. The van der Waals surface area contributed by atoms with Crippen LogP contribution in [-0.2, 0) is 4.79 Å². The van der Waals surface area contributed by atoms with Crippen LogP contribution < -0.4 is 15.7 Å². The molecular weight excluding hydrogens is 378 g/mol. The highest BCUT2D eigenvalue weighted by molar-refractivity contribution is 5.92. The Morgan fingerprint density at radius 1 is 0.933 bits per heavy atom. The molecule has 0 spiro atoms. The van der Waals surface area contributed by atoms with E-state index >= 15 is 0 Å². The topological polar surface area (TPSA) is 68.5 Å². The van der Waals surface area contributed by atoms with Gasteiger partial charge in [0.05, 0.1) is 5.56 Å². The van der Waals surface area contributed by atoms with Crippen LogP contribution in [-0.4, -0.2) is 12.5 Å². The summed E-state index contributed by atoms with van der Waals surface area (Å²) in [6.07, 6.45) is 0. The van der Waals surface area contributed by atoms with E-state index in [-0.39, 0.29) is 12.5 Å². The van der Waals surface area contributed by atoms with Crippen molar-refractivity contribution in [1.29, 1.82) is 0 Å². The summed E-state index contributed by atoms with van der Waals surface area (Å²) in [4.78, 5) is 24.7. The average Bonchev–Trinajstić information content (AvgIpc) is 2.74. The first kappa shape index (κ1) is 19.5. The molecule has 150 valence electrons. The maximum Gasteiger partial charge on any atom is 0.344 e. The van der Waals surface area contributed by atoms with Crippen LogP contribution in [0.2, 0.25) is 0 Å². The number of amides is 1. The zero-order chi connectivity index (χ0) is 21.1. The number of aryl methyl sites for hydroxylation is 2. The first-order chi connectivity index (χ1) is 14.5. The van der Waals surface area contributed by atoms with Crippen LogP contribution in [0.3, 0.4) is 0 Å². The van der Waals surface area contributed by atoms with E-state index in [0.717, 1.165) is 10.9 Å². The van der Waals surface area contributed by atoms with E-state index in [2.05, 4.69) is 5.32 Å². The van der Waals surface area contributed by atoms with Gasteiger partial charge < -0.3 is 14.5 Å². The maximum absolute atomic E-state index is 12.4. The molecule has 0 radical (unpaired) electrons. The van der Waals surface area contributed by atoms with Crippen molar-refractivity contribution in [3.05, 3.63) is 94.3 Å². The standard InChI is InChI=1S/C25H21NO4/c1-16-10-11-21(12-17(16)2)29-15-24(27)26-20-8-5-7-18(13-20)22-14-19-6-3-4-9-23(19)30-25(22)28/h3-14H,15H2,1-2H3,(H,26,27). The molecule has 5 nitrogen and oxygen atoms in total. The molecule has 1 aromatic heterocycles. The lowest BCUT2D eigenvalue weighted by Crippen LogP contribution is -2.20. The Balaban J connectivity index is 1.49. The fraction of sp³-hybridized carbons (Fsp3) is 0.120. The van der Waals surface area contributed by atoms with E-state index in [1.807, 2.05) is 56.3 Å². The second-order valence-electron chi connectivity index (χ2n) is 7.15. The summed E-state index contributed by atoms with van der Waals surface area (Å²) < 4.78 is 11.0. The van der Waals surface area contributed by atoms with Crippen LogP contribution >= 0.6 is 0 Å². The van der Waals surface area contributed by atoms with Crippen molar-refractivity contribution in [3.63, 3.8) is 0 Å². The molecule has 4 aromatic rings. The minimum atomic E-state index is -0.421. The molecule has 0 aliphatic heterocycles. The van der Waals surface area contributed by atoms with Crippen LogP contribution in [0.25, 0.3) is 22.1 Å². The minimum Gasteiger partial charge on any atom is -0.484 e. The Labute approximate surface area is 173 Å². The molecule has 0 unspecified atom stereocenters. The van der Waals surface area contributed by atoms with Crippen LogP contribution in [0, 0.1) is 13.8 Å². The monoisotopic (exact) mass is 399 g/mol. The molecule has 30 heavy (non-hydrogen) atoms. The Bertz CT molecular complexity index is 1290. The highest BCUT2D eigenvalue weighted by Crippen LogP contribution is 2.23. The van der Waals surface area contributed by atoms with Crippen molar-refractivity contribution >= 4 is 22.6 Å². The van der Waals surface area contributed by atoms with Gasteiger partial charge >= 0.3 is 5.63 Å². The summed E-state index contributed by atoms with van der Waals surface area (Å²) in [6.45, 7) is 3.91. The van der Waals surface area contributed by atoms with E-state index in [9.17, 15) is 9.59 Å². The molecule has 3 aromatic carbocycles. The van der Waals surface area contributed by atoms with Crippen molar-refractivity contribution in [2.45, 2.75) is 13.8 Å². The number of para-hydroxylation sites is 1. The number of ether oxygens (including phenoxy) is 1. The summed E-state index contributed by atoms with van der Waals surface area (Å²) in [5.41, 5.74) is 4.08. The predicted octanol–water partition coefficient (Wildman–Crippen LogP) is 5.09. The summed E-state index contributed by atoms with van der Waals surface area (Å²) >= 11 is 0.